The summed E-state index contributed by atoms with van der Waals surface area (Å²) in [7, 11) is -0.0427. The number of esters is 1. The van der Waals surface area contributed by atoms with Gasteiger partial charge in [-0.1, -0.05) is 28.1 Å². The zero-order valence-corrected chi connectivity index (χ0v) is 13.2. The van der Waals surface area contributed by atoms with Gasteiger partial charge >= 0.3 is 13.6 Å². The molecular weight excluding hydrogens is 335 g/mol. The van der Waals surface area contributed by atoms with E-state index in [0.717, 1.165) is 4.47 Å². The standard InChI is InChI=1S/C12H14BrO5P/c1-16-12(14)11(19(15,17-2)18-3)8-9-4-6-10(13)7-5-9/h4-8H,1-3H3/b11-8+. The highest BCUT2D eigenvalue weighted by molar-refractivity contribution is 9.10. The van der Waals surface area contributed by atoms with Crippen molar-refractivity contribution in [3.05, 3.63) is 39.6 Å². The van der Waals surface area contributed by atoms with Crippen LogP contribution < -0.4 is 0 Å². The number of hydrogen-bond donors (Lipinski definition) is 0. The van der Waals surface area contributed by atoms with E-state index in [2.05, 4.69) is 20.7 Å². The van der Waals surface area contributed by atoms with Gasteiger partial charge in [0.2, 0.25) is 0 Å². The van der Waals surface area contributed by atoms with E-state index in [1.807, 2.05) is 0 Å². The molecule has 0 radical (unpaired) electrons. The van der Waals surface area contributed by atoms with Crippen molar-refractivity contribution in [3.63, 3.8) is 0 Å². The molecule has 0 unspecified atom stereocenters. The number of carbonyl (C=O) groups is 1. The third-order valence-corrected chi connectivity index (χ3v) is 4.74. The van der Waals surface area contributed by atoms with E-state index in [9.17, 15) is 9.36 Å². The third-order valence-electron chi connectivity index (χ3n) is 2.34. The van der Waals surface area contributed by atoms with Gasteiger partial charge in [0.15, 0.2) is 0 Å². The molecule has 19 heavy (non-hydrogen) atoms. The molecule has 0 aliphatic carbocycles. The largest absolute Gasteiger partial charge is 0.465 e. The molecule has 1 aromatic carbocycles. The molecule has 0 saturated heterocycles. The van der Waals surface area contributed by atoms with Crippen molar-refractivity contribution in [2.45, 2.75) is 0 Å². The SMILES string of the molecule is COC(=O)/C(=C\c1ccc(Br)cc1)P(=O)(OC)OC. The lowest BCUT2D eigenvalue weighted by Crippen LogP contribution is -2.07. The molecule has 0 atom stereocenters. The van der Waals surface area contributed by atoms with Gasteiger partial charge < -0.3 is 13.8 Å². The first-order valence-electron chi connectivity index (χ1n) is 5.24. The summed E-state index contributed by atoms with van der Waals surface area (Å²) in [5.74, 6) is -0.755. The van der Waals surface area contributed by atoms with Gasteiger partial charge in [-0.2, -0.15) is 0 Å². The molecule has 0 aliphatic heterocycles. The Bertz CT molecular complexity index is 515. The molecule has 0 aromatic heterocycles. The van der Waals surface area contributed by atoms with Gasteiger partial charge in [-0.3, -0.25) is 4.57 Å². The Hall–Kier alpha value is -0.940. The smallest absolute Gasteiger partial charge is 0.368 e. The highest BCUT2D eigenvalue weighted by Gasteiger charge is 2.34. The van der Waals surface area contributed by atoms with Gasteiger partial charge in [0.1, 0.15) is 5.31 Å². The summed E-state index contributed by atoms with van der Waals surface area (Å²) in [5, 5.41) is -0.151. The summed E-state index contributed by atoms with van der Waals surface area (Å²) >= 11 is 3.30. The number of carbonyl (C=O) groups excluding carboxylic acids is 1. The monoisotopic (exact) mass is 348 g/mol. The van der Waals surface area contributed by atoms with E-state index in [1.54, 1.807) is 24.3 Å². The molecule has 0 saturated carbocycles. The lowest BCUT2D eigenvalue weighted by atomic mass is 10.2. The summed E-state index contributed by atoms with van der Waals surface area (Å²) in [6, 6.07) is 7.10. The van der Waals surface area contributed by atoms with Gasteiger partial charge in [0.05, 0.1) is 7.11 Å². The summed E-state index contributed by atoms with van der Waals surface area (Å²) in [6.45, 7) is 0. The van der Waals surface area contributed by atoms with Gasteiger partial charge in [-0.25, -0.2) is 4.79 Å². The number of ether oxygens (including phenoxy) is 1. The molecular formula is C12H14BrO5P. The van der Waals surface area contributed by atoms with Gasteiger partial charge in [0.25, 0.3) is 0 Å². The second-order valence-electron chi connectivity index (χ2n) is 3.44. The Morgan fingerprint density at radius 3 is 2.11 bits per heavy atom. The maximum Gasteiger partial charge on any atom is 0.368 e. The van der Waals surface area contributed by atoms with Crippen LogP contribution in [-0.2, 0) is 23.1 Å². The van der Waals surface area contributed by atoms with Crippen LogP contribution in [0.5, 0.6) is 0 Å². The van der Waals surface area contributed by atoms with Crippen molar-refractivity contribution in [1.29, 1.82) is 0 Å². The fourth-order valence-corrected chi connectivity index (χ4v) is 2.77. The van der Waals surface area contributed by atoms with Gasteiger partial charge in [-0.05, 0) is 23.8 Å². The van der Waals surface area contributed by atoms with Crippen molar-refractivity contribution in [1.82, 2.24) is 0 Å². The quantitative estimate of drug-likeness (QED) is 0.463. The number of rotatable bonds is 5. The number of hydrogen-bond acceptors (Lipinski definition) is 5. The van der Waals surface area contributed by atoms with Crippen LogP contribution in [0.3, 0.4) is 0 Å². The normalized spacial score (nSPS) is 12.3. The first-order chi connectivity index (χ1) is 8.96. The van der Waals surface area contributed by atoms with Gasteiger partial charge in [0, 0.05) is 18.7 Å². The molecule has 0 N–H and O–H groups in total. The van der Waals surface area contributed by atoms with Crippen LogP contribution in [0.25, 0.3) is 6.08 Å². The van der Waals surface area contributed by atoms with E-state index in [-0.39, 0.29) is 5.31 Å². The van der Waals surface area contributed by atoms with Crippen LogP contribution in [-0.4, -0.2) is 27.3 Å². The van der Waals surface area contributed by atoms with Crippen LogP contribution in [0.15, 0.2) is 34.1 Å². The molecule has 1 aromatic rings. The minimum atomic E-state index is -3.67. The summed E-state index contributed by atoms with van der Waals surface area (Å²) < 4.78 is 27.4. The minimum absolute atomic E-state index is 0.151. The van der Waals surface area contributed by atoms with Crippen LogP contribution in [0.1, 0.15) is 5.56 Å². The first kappa shape index (κ1) is 16.1. The number of benzene rings is 1. The summed E-state index contributed by atoms with van der Waals surface area (Å²) in [4.78, 5) is 11.7. The molecule has 0 aliphatic rings. The highest BCUT2D eigenvalue weighted by Crippen LogP contribution is 2.55. The number of methoxy groups -OCH3 is 1. The molecule has 0 spiro atoms. The fraction of sp³-hybridized carbons (Fsp3) is 0.250. The predicted octanol–water partition coefficient (Wildman–Crippen LogP) is 3.45. The van der Waals surface area contributed by atoms with Crippen LogP contribution >= 0.6 is 23.5 Å². The zero-order chi connectivity index (χ0) is 14.5. The average Bonchev–Trinajstić information content (AvgIpc) is 2.45. The van der Waals surface area contributed by atoms with Crippen molar-refractivity contribution in [2.75, 3.05) is 21.3 Å². The average molecular weight is 349 g/mol. The summed E-state index contributed by atoms with van der Waals surface area (Å²) in [5.41, 5.74) is 0.679. The van der Waals surface area contributed by atoms with E-state index in [0.29, 0.717) is 5.56 Å². The molecule has 0 amide bonds. The van der Waals surface area contributed by atoms with Crippen molar-refractivity contribution in [2.24, 2.45) is 0 Å². The van der Waals surface area contributed by atoms with Crippen LogP contribution in [0.2, 0.25) is 0 Å². The van der Waals surface area contributed by atoms with Crippen LogP contribution in [0, 0.1) is 0 Å². The van der Waals surface area contributed by atoms with Crippen molar-refractivity contribution >= 4 is 35.6 Å². The molecule has 0 bridgehead atoms. The minimum Gasteiger partial charge on any atom is -0.465 e. The maximum absolute atomic E-state index is 12.3. The lowest BCUT2D eigenvalue weighted by Gasteiger charge is -2.15. The molecule has 0 heterocycles. The molecule has 0 fully saturated rings. The zero-order valence-electron chi connectivity index (χ0n) is 10.8. The Morgan fingerprint density at radius 2 is 1.68 bits per heavy atom. The Kier molecular flexibility index (Phi) is 5.94. The Balaban J connectivity index is 3.28. The Morgan fingerprint density at radius 1 is 1.16 bits per heavy atom. The van der Waals surface area contributed by atoms with E-state index in [4.69, 9.17) is 9.05 Å². The fourth-order valence-electron chi connectivity index (χ4n) is 1.34. The highest BCUT2D eigenvalue weighted by atomic mass is 79.9. The molecule has 104 valence electrons. The predicted molar refractivity (Wildman–Crippen MR) is 75.8 cm³/mol. The Labute approximate surface area is 120 Å². The van der Waals surface area contributed by atoms with E-state index < -0.39 is 13.6 Å². The van der Waals surface area contributed by atoms with E-state index in [1.165, 1.54) is 27.4 Å². The third kappa shape index (κ3) is 4.01. The lowest BCUT2D eigenvalue weighted by molar-refractivity contribution is -0.135. The molecule has 1 rings (SSSR count). The molecule has 7 heteroatoms. The van der Waals surface area contributed by atoms with Crippen LogP contribution in [0.4, 0.5) is 0 Å². The first-order valence-corrected chi connectivity index (χ1v) is 7.58. The number of halogens is 1. The maximum atomic E-state index is 12.3. The van der Waals surface area contributed by atoms with Gasteiger partial charge in [-0.15, -0.1) is 0 Å². The molecule has 5 nitrogen and oxygen atoms in total. The summed E-state index contributed by atoms with van der Waals surface area (Å²) in [6.07, 6.45) is 1.42. The second-order valence-corrected chi connectivity index (χ2v) is 6.56. The second kappa shape index (κ2) is 7.01. The topological polar surface area (TPSA) is 61.8 Å². The van der Waals surface area contributed by atoms with Crippen molar-refractivity contribution in [3.8, 4) is 0 Å². The van der Waals surface area contributed by atoms with E-state index >= 15 is 0 Å². The van der Waals surface area contributed by atoms with Crippen molar-refractivity contribution < 1.29 is 23.1 Å².